The maximum absolute atomic E-state index is 12.0. The van der Waals surface area contributed by atoms with Gasteiger partial charge in [-0.05, 0) is 30.7 Å². The molecule has 3 aromatic rings. The molecule has 0 bridgehead atoms. The third kappa shape index (κ3) is 4.69. The summed E-state index contributed by atoms with van der Waals surface area (Å²) in [7, 11) is 0. The lowest BCUT2D eigenvalue weighted by atomic mass is 10.1. The number of benzene rings is 2. The van der Waals surface area contributed by atoms with Crippen LogP contribution in [0.5, 0.6) is 0 Å². The van der Waals surface area contributed by atoms with E-state index in [0.717, 1.165) is 11.3 Å². The predicted octanol–water partition coefficient (Wildman–Crippen LogP) is 4.54. The molecule has 1 aliphatic rings. The van der Waals surface area contributed by atoms with Gasteiger partial charge in [-0.25, -0.2) is 9.97 Å². The second-order valence-electron chi connectivity index (χ2n) is 7.38. The molecule has 2 heterocycles. The van der Waals surface area contributed by atoms with Crippen molar-refractivity contribution in [1.29, 1.82) is 0 Å². The quantitative estimate of drug-likeness (QED) is 0.446. The fraction of sp³-hybridized carbons (Fsp3) is 0.273. The molecule has 9 heteroatoms. The maximum atomic E-state index is 12.0. The van der Waals surface area contributed by atoms with Crippen molar-refractivity contribution in [2.24, 2.45) is 0 Å². The Morgan fingerprint density at radius 3 is 2.42 bits per heavy atom. The van der Waals surface area contributed by atoms with Gasteiger partial charge >= 0.3 is 5.69 Å². The lowest BCUT2D eigenvalue weighted by Gasteiger charge is -2.36. The van der Waals surface area contributed by atoms with Crippen LogP contribution in [0.4, 0.5) is 23.0 Å². The number of halogens is 1. The van der Waals surface area contributed by atoms with Gasteiger partial charge in [0, 0.05) is 36.9 Å². The van der Waals surface area contributed by atoms with E-state index in [-0.39, 0.29) is 17.5 Å². The minimum atomic E-state index is -0.404. The number of nitro groups is 1. The Labute approximate surface area is 185 Å². The summed E-state index contributed by atoms with van der Waals surface area (Å²) < 4.78 is 0. The highest BCUT2D eigenvalue weighted by Gasteiger charge is 2.30. The summed E-state index contributed by atoms with van der Waals surface area (Å²) in [5.74, 6) is 0.567. The molecule has 8 nitrogen and oxygen atoms in total. The Bertz CT molecular complexity index is 1060. The molecule has 1 unspecified atom stereocenters. The summed E-state index contributed by atoms with van der Waals surface area (Å²) in [5.41, 5.74) is 1.97. The molecule has 1 fully saturated rings. The Morgan fingerprint density at radius 1 is 1.03 bits per heavy atom. The number of hydrogen-bond acceptors (Lipinski definition) is 7. The largest absolute Gasteiger partial charge is 0.368 e. The van der Waals surface area contributed by atoms with E-state index in [9.17, 15) is 10.1 Å². The molecule has 0 radical (unpaired) electrons. The van der Waals surface area contributed by atoms with E-state index in [4.69, 9.17) is 11.6 Å². The highest BCUT2D eigenvalue weighted by molar-refractivity contribution is 6.30. The van der Waals surface area contributed by atoms with E-state index < -0.39 is 4.92 Å². The van der Waals surface area contributed by atoms with Crippen molar-refractivity contribution in [1.82, 2.24) is 9.97 Å². The van der Waals surface area contributed by atoms with Crippen LogP contribution in [-0.2, 0) is 0 Å². The summed E-state index contributed by atoms with van der Waals surface area (Å²) in [6.45, 7) is 4.59. The molecule has 0 amide bonds. The van der Waals surface area contributed by atoms with E-state index in [1.807, 2.05) is 66.4 Å². The van der Waals surface area contributed by atoms with Crippen LogP contribution in [0.2, 0.25) is 5.02 Å². The summed E-state index contributed by atoms with van der Waals surface area (Å²) in [5, 5.41) is 15.8. The monoisotopic (exact) mass is 438 g/mol. The van der Waals surface area contributed by atoms with Crippen molar-refractivity contribution in [2.45, 2.75) is 13.0 Å². The minimum absolute atomic E-state index is 0.0958. The van der Waals surface area contributed by atoms with E-state index in [1.54, 1.807) is 0 Å². The van der Waals surface area contributed by atoms with Gasteiger partial charge in [0.15, 0.2) is 0 Å². The Morgan fingerprint density at radius 2 is 1.74 bits per heavy atom. The first kappa shape index (κ1) is 20.9. The second-order valence-corrected chi connectivity index (χ2v) is 7.82. The van der Waals surface area contributed by atoms with E-state index in [0.29, 0.717) is 37.0 Å². The van der Waals surface area contributed by atoms with Crippen LogP contribution >= 0.6 is 11.6 Å². The number of nitrogens with zero attached hydrogens (tertiary/aromatic N) is 5. The van der Waals surface area contributed by atoms with Crippen LogP contribution < -0.4 is 15.1 Å². The molecule has 1 aromatic heterocycles. The van der Waals surface area contributed by atoms with Crippen molar-refractivity contribution in [3.8, 4) is 0 Å². The molecule has 1 atom stereocenters. The third-order valence-corrected chi connectivity index (χ3v) is 5.63. The van der Waals surface area contributed by atoms with Gasteiger partial charge in [0.05, 0.1) is 11.0 Å². The first-order valence-electron chi connectivity index (χ1n) is 10.1. The number of hydrogen-bond donors (Lipinski definition) is 1. The zero-order valence-corrected chi connectivity index (χ0v) is 17.9. The first-order chi connectivity index (χ1) is 15.0. The maximum Gasteiger partial charge on any atom is 0.353 e. The number of nitrogens with one attached hydrogen (secondary N) is 1. The van der Waals surface area contributed by atoms with Crippen LogP contribution in [0.1, 0.15) is 18.5 Å². The van der Waals surface area contributed by atoms with Crippen molar-refractivity contribution in [2.75, 3.05) is 41.3 Å². The van der Waals surface area contributed by atoms with Crippen LogP contribution in [0.25, 0.3) is 0 Å². The first-order valence-corrected chi connectivity index (χ1v) is 10.5. The van der Waals surface area contributed by atoms with Gasteiger partial charge in [-0.2, -0.15) is 0 Å². The lowest BCUT2D eigenvalue weighted by molar-refractivity contribution is -0.383. The zero-order chi connectivity index (χ0) is 21.8. The fourth-order valence-corrected chi connectivity index (χ4v) is 3.94. The van der Waals surface area contributed by atoms with Crippen molar-refractivity contribution >= 4 is 34.6 Å². The van der Waals surface area contributed by atoms with Crippen LogP contribution in [0.15, 0.2) is 60.9 Å². The lowest BCUT2D eigenvalue weighted by Crippen LogP contribution is -2.47. The summed E-state index contributed by atoms with van der Waals surface area (Å²) in [6, 6.07) is 17.3. The third-order valence-electron chi connectivity index (χ3n) is 5.39. The number of aromatic nitrogens is 2. The molecule has 0 saturated carbocycles. The van der Waals surface area contributed by atoms with Gasteiger partial charge in [0.1, 0.15) is 6.33 Å². The smallest absolute Gasteiger partial charge is 0.353 e. The molecule has 0 spiro atoms. The highest BCUT2D eigenvalue weighted by Crippen LogP contribution is 2.34. The topological polar surface area (TPSA) is 87.4 Å². The molecule has 1 saturated heterocycles. The zero-order valence-electron chi connectivity index (χ0n) is 17.1. The molecule has 31 heavy (non-hydrogen) atoms. The molecule has 0 aliphatic carbocycles. The Hall–Kier alpha value is -3.39. The van der Waals surface area contributed by atoms with Crippen molar-refractivity contribution < 1.29 is 4.92 Å². The molecule has 1 aliphatic heterocycles. The number of piperazine rings is 1. The normalized spacial score (nSPS) is 14.9. The molecule has 2 aromatic carbocycles. The Balaban J connectivity index is 1.54. The van der Waals surface area contributed by atoms with E-state index in [2.05, 4.69) is 20.2 Å². The van der Waals surface area contributed by atoms with E-state index >= 15 is 0 Å². The average molecular weight is 439 g/mol. The van der Waals surface area contributed by atoms with Gasteiger partial charge in [0.2, 0.25) is 11.6 Å². The highest BCUT2D eigenvalue weighted by atomic mass is 35.5. The molecule has 4 rings (SSSR count). The summed E-state index contributed by atoms with van der Waals surface area (Å²) >= 11 is 6.11. The number of anilines is 3. The Kier molecular flexibility index (Phi) is 6.18. The molecular formula is C22H23ClN6O2. The van der Waals surface area contributed by atoms with Crippen molar-refractivity contribution in [3.63, 3.8) is 0 Å². The summed E-state index contributed by atoms with van der Waals surface area (Å²) in [4.78, 5) is 24.2. The minimum Gasteiger partial charge on any atom is -0.368 e. The summed E-state index contributed by atoms with van der Waals surface area (Å²) in [6.07, 6.45) is 1.38. The molecular weight excluding hydrogens is 416 g/mol. The van der Waals surface area contributed by atoms with Gasteiger partial charge in [-0.1, -0.05) is 48.0 Å². The average Bonchev–Trinajstić information content (AvgIpc) is 2.79. The van der Waals surface area contributed by atoms with Gasteiger partial charge < -0.3 is 15.1 Å². The van der Waals surface area contributed by atoms with Gasteiger partial charge in [-0.3, -0.25) is 10.1 Å². The molecule has 1 N–H and O–H groups in total. The van der Waals surface area contributed by atoms with Gasteiger partial charge in [-0.15, -0.1) is 0 Å². The second kappa shape index (κ2) is 9.18. The number of rotatable bonds is 6. The fourth-order valence-electron chi connectivity index (χ4n) is 3.75. The van der Waals surface area contributed by atoms with Crippen molar-refractivity contribution in [3.05, 3.63) is 81.6 Å². The SMILES string of the molecule is CC(Nc1ncnc(N2CCN(c3cccc(Cl)c3)CC2)c1[N+](=O)[O-])c1ccccc1. The standard InChI is InChI=1S/C22H23ClN6O2/c1-16(17-6-3-2-4-7-17)26-21-20(29(30)31)22(25-15-24-21)28-12-10-27(11-13-28)19-9-5-8-18(23)14-19/h2-9,14-16H,10-13H2,1H3,(H,24,25,26). The predicted molar refractivity (Wildman–Crippen MR) is 123 cm³/mol. The van der Waals surface area contributed by atoms with Crippen LogP contribution in [-0.4, -0.2) is 41.1 Å². The van der Waals surface area contributed by atoms with Crippen LogP contribution in [0, 0.1) is 10.1 Å². The van der Waals surface area contributed by atoms with E-state index in [1.165, 1.54) is 6.33 Å². The van der Waals surface area contributed by atoms with Crippen LogP contribution in [0.3, 0.4) is 0 Å². The van der Waals surface area contributed by atoms with Gasteiger partial charge in [0.25, 0.3) is 0 Å². The molecule has 160 valence electrons.